The third kappa shape index (κ3) is 3.27. The second-order valence-electron chi connectivity index (χ2n) is 5.34. The van der Waals surface area contributed by atoms with E-state index in [1.807, 2.05) is 6.07 Å². The zero-order valence-electron chi connectivity index (χ0n) is 13.3. The number of hydrogen-bond acceptors (Lipinski definition) is 6. The van der Waals surface area contributed by atoms with E-state index in [-0.39, 0.29) is 18.1 Å². The minimum Gasteiger partial charge on any atom is -0.498 e. The van der Waals surface area contributed by atoms with Crippen molar-refractivity contribution < 1.29 is 29.0 Å². The van der Waals surface area contributed by atoms with E-state index in [4.69, 9.17) is 9.47 Å². The van der Waals surface area contributed by atoms with Gasteiger partial charge in [0.1, 0.15) is 22.9 Å². The summed E-state index contributed by atoms with van der Waals surface area (Å²) in [6, 6.07) is 8.06. The molecule has 1 saturated heterocycles. The number of aliphatic carboxylic acids is 1. The fourth-order valence-electron chi connectivity index (χ4n) is 2.63. The van der Waals surface area contributed by atoms with Crippen molar-refractivity contribution >= 4 is 29.5 Å². The summed E-state index contributed by atoms with van der Waals surface area (Å²) in [4.78, 5) is 36.8. The van der Waals surface area contributed by atoms with Crippen molar-refractivity contribution in [1.29, 1.82) is 0 Å². The number of methoxy groups -OCH3 is 1. The average molecular weight is 364 g/mol. The Hall–Kier alpha value is -2.68. The molecule has 0 unspecified atom stereocenters. The molecule has 132 valence electrons. The largest absolute Gasteiger partial charge is 0.498 e. The highest BCUT2D eigenvalue weighted by molar-refractivity contribution is 8.00. The standard InChI is InChI=1S/C16H16N2O6S/c1-23-10-8-25-15-12(14(20)18(15)13(10)16(21)22)17-11(19)7-24-9-5-3-2-4-6-9/h2-6,12,15H,7-8H2,1H3,(H,17,19)(H,21,22)/t12-,15+/m1/s1. The van der Waals surface area contributed by atoms with Crippen LogP contribution >= 0.6 is 11.8 Å². The van der Waals surface area contributed by atoms with Crippen molar-refractivity contribution in [2.24, 2.45) is 0 Å². The van der Waals surface area contributed by atoms with Crippen molar-refractivity contribution in [3.63, 3.8) is 0 Å². The molecule has 8 nitrogen and oxygen atoms in total. The first-order valence-corrected chi connectivity index (χ1v) is 8.50. The summed E-state index contributed by atoms with van der Waals surface area (Å²) in [5, 5.41) is 11.4. The Morgan fingerprint density at radius 2 is 2.08 bits per heavy atom. The van der Waals surface area contributed by atoms with Crippen LogP contribution in [0.1, 0.15) is 0 Å². The number of ether oxygens (including phenoxy) is 2. The molecule has 2 atom stereocenters. The number of thioether (sulfide) groups is 1. The summed E-state index contributed by atoms with van der Waals surface area (Å²) in [6.45, 7) is -0.226. The number of benzene rings is 1. The number of para-hydroxylation sites is 1. The van der Waals surface area contributed by atoms with Crippen LogP contribution < -0.4 is 10.1 Å². The van der Waals surface area contributed by atoms with Crippen LogP contribution in [0.15, 0.2) is 41.8 Å². The Morgan fingerprint density at radius 1 is 1.36 bits per heavy atom. The molecule has 0 aliphatic carbocycles. The van der Waals surface area contributed by atoms with Crippen LogP contribution in [-0.2, 0) is 19.1 Å². The van der Waals surface area contributed by atoms with Crippen LogP contribution in [0.3, 0.4) is 0 Å². The fourth-order valence-corrected chi connectivity index (χ4v) is 3.94. The van der Waals surface area contributed by atoms with E-state index >= 15 is 0 Å². The maximum absolute atomic E-state index is 12.3. The molecule has 3 rings (SSSR count). The topological polar surface area (TPSA) is 105 Å². The summed E-state index contributed by atoms with van der Waals surface area (Å²) in [6.07, 6.45) is 0. The molecule has 9 heteroatoms. The predicted octanol–water partition coefficient (Wildman–Crippen LogP) is 0.408. The van der Waals surface area contributed by atoms with Gasteiger partial charge in [-0.25, -0.2) is 4.79 Å². The number of fused-ring (bicyclic) bond motifs is 1. The molecule has 0 spiro atoms. The van der Waals surface area contributed by atoms with Gasteiger partial charge in [-0.15, -0.1) is 11.8 Å². The second kappa shape index (κ2) is 7.06. The molecular weight excluding hydrogens is 348 g/mol. The lowest BCUT2D eigenvalue weighted by Gasteiger charge is -2.48. The molecule has 2 aliphatic heterocycles. The number of hydrogen-bond donors (Lipinski definition) is 2. The molecule has 0 radical (unpaired) electrons. The van der Waals surface area contributed by atoms with Gasteiger partial charge in [-0.2, -0.15) is 0 Å². The van der Waals surface area contributed by atoms with Crippen LogP contribution in [-0.4, -0.2) is 58.7 Å². The third-order valence-electron chi connectivity index (χ3n) is 3.81. The molecule has 1 fully saturated rings. The molecule has 25 heavy (non-hydrogen) atoms. The molecule has 2 heterocycles. The molecule has 2 N–H and O–H groups in total. The van der Waals surface area contributed by atoms with E-state index in [0.29, 0.717) is 11.5 Å². The Kier molecular flexibility index (Phi) is 4.84. The van der Waals surface area contributed by atoms with E-state index in [0.717, 1.165) is 4.90 Å². The molecule has 1 aromatic carbocycles. The van der Waals surface area contributed by atoms with Crippen molar-refractivity contribution in [2.75, 3.05) is 19.5 Å². The van der Waals surface area contributed by atoms with Crippen molar-refractivity contribution in [1.82, 2.24) is 10.2 Å². The Balaban J connectivity index is 1.61. The summed E-state index contributed by atoms with van der Waals surface area (Å²) in [7, 11) is 1.36. The minimum absolute atomic E-state index is 0.165. The van der Waals surface area contributed by atoms with E-state index in [9.17, 15) is 19.5 Å². The van der Waals surface area contributed by atoms with Gasteiger partial charge in [-0.1, -0.05) is 18.2 Å². The molecule has 0 aromatic heterocycles. The maximum atomic E-state index is 12.3. The molecule has 2 aliphatic rings. The van der Waals surface area contributed by atoms with Crippen LogP contribution in [0.4, 0.5) is 0 Å². The Morgan fingerprint density at radius 3 is 2.72 bits per heavy atom. The zero-order chi connectivity index (χ0) is 18.0. The first-order chi connectivity index (χ1) is 12.0. The van der Waals surface area contributed by atoms with Crippen molar-refractivity contribution in [3.05, 3.63) is 41.8 Å². The van der Waals surface area contributed by atoms with Gasteiger partial charge in [0, 0.05) is 0 Å². The van der Waals surface area contributed by atoms with Crippen LogP contribution in [0.5, 0.6) is 5.75 Å². The predicted molar refractivity (Wildman–Crippen MR) is 88.6 cm³/mol. The number of rotatable bonds is 6. The number of β-lactam (4-membered cyclic amide) rings is 1. The van der Waals surface area contributed by atoms with Gasteiger partial charge >= 0.3 is 5.97 Å². The van der Waals surface area contributed by atoms with Gasteiger partial charge in [-0.3, -0.25) is 14.5 Å². The molecule has 0 bridgehead atoms. The third-order valence-corrected chi connectivity index (χ3v) is 5.07. The zero-order valence-corrected chi connectivity index (χ0v) is 14.1. The molecule has 1 aromatic rings. The van der Waals surface area contributed by atoms with Crippen molar-refractivity contribution in [3.8, 4) is 5.75 Å². The SMILES string of the molecule is COC1=C(C(=O)O)N2C(=O)[C@@H](NC(=O)COc3ccccc3)[C@@H]2SC1. The smallest absolute Gasteiger partial charge is 0.356 e. The minimum atomic E-state index is -1.23. The van der Waals surface area contributed by atoms with Gasteiger partial charge in [0.15, 0.2) is 12.3 Å². The van der Waals surface area contributed by atoms with Gasteiger partial charge in [0.05, 0.1) is 12.9 Å². The number of nitrogens with one attached hydrogen (secondary N) is 1. The first-order valence-electron chi connectivity index (χ1n) is 7.45. The number of nitrogens with zero attached hydrogens (tertiary/aromatic N) is 1. The van der Waals surface area contributed by atoms with Gasteiger partial charge in [0.25, 0.3) is 11.8 Å². The lowest BCUT2D eigenvalue weighted by atomic mass is 10.0. The quantitative estimate of drug-likeness (QED) is 0.704. The van der Waals surface area contributed by atoms with E-state index in [2.05, 4.69) is 5.32 Å². The number of amides is 2. The Labute approximate surface area is 147 Å². The van der Waals surface area contributed by atoms with Crippen LogP contribution in [0.2, 0.25) is 0 Å². The normalized spacial score (nSPS) is 22.0. The molecule has 0 saturated carbocycles. The van der Waals surface area contributed by atoms with Crippen LogP contribution in [0, 0.1) is 0 Å². The lowest BCUT2D eigenvalue weighted by Crippen LogP contribution is -2.70. The second-order valence-corrected chi connectivity index (χ2v) is 6.44. The van der Waals surface area contributed by atoms with E-state index in [1.54, 1.807) is 24.3 Å². The van der Waals surface area contributed by atoms with Crippen molar-refractivity contribution in [2.45, 2.75) is 11.4 Å². The number of carboxylic acid groups (broad SMARTS) is 1. The highest BCUT2D eigenvalue weighted by atomic mass is 32.2. The summed E-state index contributed by atoms with van der Waals surface area (Å²) < 4.78 is 10.4. The Bertz CT molecular complexity index is 735. The summed E-state index contributed by atoms with van der Waals surface area (Å²) in [5.74, 6) is -1.04. The number of carbonyl (C=O) groups is 3. The summed E-state index contributed by atoms with van der Waals surface area (Å²) >= 11 is 1.34. The number of carboxylic acids is 1. The molecule has 2 amide bonds. The maximum Gasteiger partial charge on any atom is 0.356 e. The number of carbonyl (C=O) groups excluding carboxylic acids is 2. The first kappa shape index (κ1) is 17.2. The van der Waals surface area contributed by atoms with Gasteiger partial charge < -0.3 is 19.9 Å². The lowest BCUT2D eigenvalue weighted by molar-refractivity contribution is -0.151. The highest BCUT2D eigenvalue weighted by Crippen LogP contribution is 2.40. The fraction of sp³-hybridized carbons (Fsp3) is 0.312. The van der Waals surface area contributed by atoms with Crippen LogP contribution in [0.25, 0.3) is 0 Å². The van der Waals surface area contributed by atoms with Gasteiger partial charge in [-0.05, 0) is 12.1 Å². The van der Waals surface area contributed by atoms with E-state index < -0.39 is 29.2 Å². The monoisotopic (exact) mass is 364 g/mol. The average Bonchev–Trinajstić information content (AvgIpc) is 2.63. The summed E-state index contributed by atoms with van der Waals surface area (Å²) in [5.41, 5.74) is -0.165. The van der Waals surface area contributed by atoms with Gasteiger partial charge in [0.2, 0.25) is 0 Å². The van der Waals surface area contributed by atoms with E-state index in [1.165, 1.54) is 18.9 Å². The highest BCUT2D eigenvalue weighted by Gasteiger charge is 2.54. The molecular formula is C16H16N2O6S.